The zero-order chi connectivity index (χ0) is 20.7. The van der Waals surface area contributed by atoms with Gasteiger partial charge in [0, 0.05) is 42.3 Å². The van der Waals surface area contributed by atoms with Crippen LogP contribution in [0.5, 0.6) is 0 Å². The summed E-state index contributed by atoms with van der Waals surface area (Å²) in [5.74, 6) is 0. The second kappa shape index (κ2) is 7.43. The van der Waals surface area contributed by atoms with Crippen LogP contribution in [-0.4, -0.2) is 34.0 Å². The van der Waals surface area contributed by atoms with Gasteiger partial charge in [-0.05, 0) is 66.8 Å². The molecule has 2 aliphatic rings. The van der Waals surface area contributed by atoms with Crippen molar-refractivity contribution in [2.24, 2.45) is 0 Å². The second-order valence-corrected chi connectivity index (χ2v) is 7.99. The highest BCUT2D eigenvalue weighted by Crippen LogP contribution is 2.42. The van der Waals surface area contributed by atoms with Crippen LogP contribution < -0.4 is 0 Å². The Morgan fingerprint density at radius 2 is 1.90 bits per heavy atom. The average molecular weight is 409 g/mol. The maximum Gasteiger partial charge on any atom is 0.416 e. The first-order valence-corrected chi connectivity index (χ1v) is 10.2. The van der Waals surface area contributed by atoms with Gasteiger partial charge < -0.3 is 4.98 Å². The first-order valence-electron chi connectivity index (χ1n) is 10.2. The lowest BCUT2D eigenvalue weighted by Gasteiger charge is -2.29. The summed E-state index contributed by atoms with van der Waals surface area (Å²) in [4.78, 5) is 9.90. The van der Waals surface area contributed by atoms with Crippen LogP contribution >= 0.6 is 0 Å². The van der Waals surface area contributed by atoms with Crippen molar-refractivity contribution in [1.82, 2.24) is 14.9 Å². The Kier molecular flexibility index (Phi) is 4.74. The molecule has 0 saturated carbocycles. The number of hydrogen-bond donors (Lipinski definition) is 1. The summed E-state index contributed by atoms with van der Waals surface area (Å²) in [7, 11) is 0. The number of halogens is 3. The normalized spacial score (nSPS) is 19.6. The van der Waals surface area contributed by atoms with Crippen LogP contribution in [0.2, 0.25) is 0 Å². The van der Waals surface area contributed by atoms with E-state index in [1.54, 1.807) is 18.5 Å². The Morgan fingerprint density at radius 1 is 1.07 bits per heavy atom. The fraction of sp³-hybridized carbons (Fsp3) is 0.292. The molecule has 3 nitrogen and oxygen atoms in total. The van der Waals surface area contributed by atoms with E-state index in [4.69, 9.17) is 0 Å². The molecule has 6 heteroatoms. The molecule has 3 aromatic rings. The fourth-order valence-electron chi connectivity index (χ4n) is 4.72. The van der Waals surface area contributed by atoms with Crippen LogP contribution in [0.1, 0.15) is 30.4 Å². The van der Waals surface area contributed by atoms with E-state index in [1.807, 2.05) is 18.3 Å². The van der Waals surface area contributed by atoms with Crippen molar-refractivity contribution in [2.45, 2.75) is 31.5 Å². The van der Waals surface area contributed by atoms with Crippen LogP contribution in [-0.2, 0) is 6.18 Å². The van der Waals surface area contributed by atoms with E-state index in [0.717, 1.165) is 42.3 Å². The Hall–Kier alpha value is -2.86. The van der Waals surface area contributed by atoms with E-state index in [0.29, 0.717) is 17.3 Å². The van der Waals surface area contributed by atoms with Gasteiger partial charge in [0.2, 0.25) is 0 Å². The number of nitrogens with zero attached hydrogens (tertiary/aromatic N) is 2. The molecule has 0 spiro atoms. The van der Waals surface area contributed by atoms with Gasteiger partial charge in [-0.1, -0.05) is 18.2 Å². The topological polar surface area (TPSA) is 31.9 Å². The summed E-state index contributed by atoms with van der Waals surface area (Å²) in [6.07, 6.45) is 6.68. The second-order valence-electron chi connectivity index (χ2n) is 7.99. The molecular formula is C24H22F3N3. The molecule has 154 valence electrons. The molecule has 0 bridgehead atoms. The predicted molar refractivity (Wildman–Crippen MR) is 112 cm³/mol. The summed E-state index contributed by atoms with van der Waals surface area (Å²) in [6, 6.07) is 9.90. The van der Waals surface area contributed by atoms with Crippen LogP contribution in [0.3, 0.4) is 0 Å². The molecule has 2 aliphatic heterocycles. The maximum absolute atomic E-state index is 13.3. The monoisotopic (exact) mass is 409 g/mol. The predicted octanol–water partition coefficient (Wildman–Crippen LogP) is 6.01. The summed E-state index contributed by atoms with van der Waals surface area (Å²) in [5, 5.41) is 0. The SMILES string of the molecule is FC(F)(F)c1cccc(-c2[nH]cc(C3=CCN4CCCC4C3)c2-c2ccncc2)c1. The molecule has 1 unspecified atom stereocenters. The number of fused-ring (bicyclic) bond motifs is 1. The zero-order valence-corrected chi connectivity index (χ0v) is 16.4. The Morgan fingerprint density at radius 3 is 2.70 bits per heavy atom. The lowest BCUT2D eigenvalue weighted by Crippen LogP contribution is -2.32. The van der Waals surface area contributed by atoms with E-state index in [1.165, 1.54) is 30.5 Å². The molecule has 1 aromatic carbocycles. The number of rotatable bonds is 3. The minimum absolute atomic E-state index is 0.529. The summed E-state index contributed by atoms with van der Waals surface area (Å²) >= 11 is 0. The average Bonchev–Trinajstić information content (AvgIpc) is 3.40. The van der Waals surface area contributed by atoms with Gasteiger partial charge in [0.15, 0.2) is 0 Å². The van der Waals surface area contributed by atoms with Crippen molar-refractivity contribution in [3.05, 3.63) is 72.2 Å². The van der Waals surface area contributed by atoms with E-state index >= 15 is 0 Å². The third-order valence-corrected chi connectivity index (χ3v) is 6.20. The van der Waals surface area contributed by atoms with Gasteiger partial charge in [0.1, 0.15) is 0 Å². The Bertz CT molecular complexity index is 1080. The number of alkyl halides is 3. The van der Waals surface area contributed by atoms with Crippen molar-refractivity contribution in [3.8, 4) is 22.4 Å². The number of pyridine rings is 1. The molecule has 4 heterocycles. The maximum atomic E-state index is 13.3. The van der Waals surface area contributed by atoms with Crippen molar-refractivity contribution < 1.29 is 13.2 Å². The Balaban J connectivity index is 1.63. The summed E-state index contributed by atoms with van der Waals surface area (Å²) in [5.41, 5.74) is 4.81. The minimum Gasteiger partial charge on any atom is -0.360 e. The van der Waals surface area contributed by atoms with E-state index in [-0.39, 0.29) is 0 Å². The summed E-state index contributed by atoms with van der Waals surface area (Å²) in [6.45, 7) is 2.08. The van der Waals surface area contributed by atoms with Crippen molar-refractivity contribution >= 4 is 5.57 Å². The fourth-order valence-corrected chi connectivity index (χ4v) is 4.72. The highest BCUT2D eigenvalue weighted by molar-refractivity contribution is 5.91. The number of nitrogens with one attached hydrogen (secondary N) is 1. The van der Waals surface area contributed by atoms with Crippen LogP contribution in [0.15, 0.2) is 61.1 Å². The molecule has 0 radical (unpaired) electrons. The van der Waals surface area contributed by atoms with E-state index in [9.17, 15) is 13.2 Å². The first-order chi connectivity index (χ1) is 14.5. The molecule has 0 amide bonds. The standard InChI is InChI=1S/C24H22F3N3/c25-24(26,27)19-4-1-3-18(13-19)23-22(16-6-9-28-10-7-16)21(15-29-23)17-8-12-30-11-2-5-20(30)14-17/h1,3-4,6-10,13,15,20,29H,2,5,11-12,14H2. The number of aromatic amines is 1. The van der Waals surface area contributed by atoms with Crippen molar-refractivity contribution in [3.63, 3.8) is 0 Å². The van der Waals surface area contributed by atoms with Gasteiger partial charge >= 0.3 is 6.18 Å². The quantitative estimate of drug-likeness (QED) is 0.574. The molecule has 1 N–H and O–H groups in total. The van der Waals surface area contributed by atoms with Gasteiger partial charge in [-0.25, -0.2) is 0 Å². The highest BCUT2D eigenvalue weighted by Gasteiger charge is 2.32. The van der Waals surface area contributed by atoms with Gasteiger partial charge in [-0.2, -0.15) is 13.2 Å². The molecule has 1 saturated heterocycles. The van der Waals surface area contributed by atoms with E-state index < -0.39 is 11.7 Å². The molecule has 1 atom stereocenters. The number of H-pyrrole nitrogens is 1. The molecule has 0 aliphatic carbocycles. The smallest absolute Gasteiger partial charge is 0.360 e. The molecule has 2 aromatic heterocycles. The third kappa shape index (κ3) is 3.45. The number of aromatic nitrogens is 2. The summed E-state index contributed by atoms with van der Waals surface area (Å²) < 4.78 is 39.9. The first kappa shape index (κ1) is 19.1. The van der Waals surface area contributed by atoms with Gasteiger partial charge in [-0.15, -0.1) is 0 Å². The van der Waals surface area contributed by atoms with Crippen LogP contribution in [0.4, 0.5) is 13.2 Å². The third-order valence-electron chi connectivity index (χ3n) is 6.20. The van der Waals surface area contributed by atoms with Gasteiger partial charge in [-0.3, -0.25) is 9.88 Å². The zero-order valence-electron chi connectivity index (χ0n) is 16.4. The number of hydrogen-bond acceptors (Lipinski definition) is 2. The highest BCUT2D eigenvalue weighted by atomic mass is 19.4. The molecular weight excluding hydrogens is 387 g/mol. The lowest BCUT2D eigenvalue weighted by molar-refractivity contribution is -0.137. The van der Waals surface area contributed by atoms with Crippen molar-refractivity contribution in [1.29, 1.82) is 0 Å². The van der Waals surface area contributed by atoms with Crippen molar-refractivity contribution in [2.75, 3.05) is 13.1 Å². The molecule has 1 fully saturated rings. The molecule has 5 rings (SSSR count). The van der Waals surface area contributed by atoms with Crippen LogP contribution in [0.25, 0.3) is 28.0 Å². The van der Waals surface area contributed by atoms with Crippen LogP contribution in [0, 0.1) is 0 Å². The minimum atomic E-state index is -4.37. The van der Waals surface area contributed by atoms with Gasteiger partial charge in [0.25, 0.3) is 0 Å². The van der Waals surface area contributed by atoms with Gasteiger partial charge in [0.05, 0.1) is 11.3 Å². The largest absolute Gasteiger partial charge is 0.416 e. The Labute approximate surface area is 173 Å². The lowest BCUT2D eigenvalue weighted by atomic mass is 9.89. The van der Waals surface area contributed by atoms with E-state index in [2.05, 4.69) is 20.9 Å². The number of benzene rings is 1. The molecule has 30 heavy (non-hydrogen) atoms.